The number of hydrogen-bond donors (Lipinski definition) is 1. The van der Waals surface area contributed by atoms with E-state index in [2.05, 4.69) is 38.0 Å². The first-order valence-electron chi connectivity index (χ1n) is 9.52. The molecule has 3 rings (SSSR count). The van der Waals surface area contributed by atoms with Crippen LogP contribution in [0.15, 0.2) is 64.7 Å². The molecule has 0 spiro atoms. The number of hydrogen-bond acceptors (Lipinski definition) is 5. The van der Waals surface area contributed by atoms with Crippen LogP contribution >= 0.6 is 39.3 Å². The number of nitrogens with zero attached hydrogens (tertiary/aromatic N) is 3. The second-order valence-corrected chi connectivity index (χ2v) is 9.04. The van der Waals surface area contributed by atoms with Gasteiger partial charge in [0.15, 0.2) is 17.1 Å². The van der Waals surface area contributed by atoms with Crippen molar-refractivity contribution < 1.29 is 9.53 Å². The van der Waals surface area contributed by atoms with E-state index in [4.69, 9.17) is 16.3 Å². The van der Waals surface area contributed by atoms with Crippen LogP contribution in [0.1, 0.15) is 24.4 Å². The van der Waals surface area contributed by atoms with E-state index in [0.29, 0.717) is 28.2 Å². The van der Waals surface area contributed by atoms with Crippen LogP contribution in [0, 0.1) is 6.92 Å². The first kappa shape index (κ1) is 23.4. The predicted octanol–water partition coefficient (Wildman–Crippen LogP) is 6.06. The number of anilines is 1. The van der Waals surface area contributed by atoms with E-state index in [1.807, 2.05) is 48.7 Å². The largest absolute Gasteiger partial charge is 0.483 e. The molecule has 0 aliphatic heterocycles. The number of amides is 1. The normalized spacial score (nSPS) is 11.7. The lowest BCUT2D eigenvalue weighted by Crippen LogP contribution is -2.16. The van der Waals surface area contributed by atoms with Crippen molar-refractivity contribution in [3.05, 3.63) is 76.0 Å². The van der Waals surface area contributed by atoms with Crippen molar-refractivity contribution >= 4 is 50.9 Å². The van der Waals surface area contributed by atoms with E-state index in [9.17, 15) is 4.79 Å². The van der Waals surface area contributed by atoms with Crippen LogP contribution in [-0.2, 0) is 11.3 Å². The summed E-state index contributed by atoms with van der Waals surface area (Å²) >= 11 is 10.7. The Morgan fingerprint density at radius 1 is 1.32 bits per heavy atom. The maximum absolute atomic E-state index is 12.4. The van der Waals surface area contributed by atoms with Gasteiger partial charge in [0.05, 0.1) is 5.75 Å². The summed E-state index contributed by atoms with van der Waals surface area (Å²) in [5.74, 6) is 1.43. The molecule has 1 atom stereocenters. The zero-order chi connectivity index (χ0) is 22.4. The Hall–Kier alpha value is -2.29. The maximum atomic E-state index is 12.4. The van der Waals surface area contributed by atoms with E-state index in [1.54, 1.807) is 18.2 Å². The minimum absolute atomic E-state index is 0.149. The Morgan fingerprint density at radius 2 is 2.06 bits per heavy atom. The first-order valence-corrected chi connectivity index (χ1v) is 11.7. The Balaban J connectivity index is 1.68. The van der Waals surface area contributed by atoms with Gasteiger partial charge in [0.25, 0.3) is 0 Å². The van der Waals surface area contributed by atoms with Crippen molar-refractivity contribution in [2.24, 2.45) is 0 Å². The summed E-state index contributed by atoms with van der Waals surface area (Å²) in [4.78, 5) is 12.4. The predicted molar refractivity (Wildman–Crippen MR) is 129 cm³/mol. The molecule has 0 aliphatic carbocycles. The lowest BCUT2D eigenvalue weighted by Gasteiger charge is -2.16. The number of nitrogens with one attached hydrogen (secondary N) is 1. The number of aromatic nitrogens is 3. The summed E-state index contributed by atoms with van der Waals surface area (Å²) in [5, 5.41) is 12.6. The van der Waals surface area contributed by atoms with Crippen LogP contribution in [0.5, 0.6) is 5.75 Å². The number of rotatable bonds is 9. The molecule has 1 aromatic heterocycles. The van der Waals surface area contributed by atoms with Crippen LogP contribution in [0.4, 0.5) is 5.69 Å². The molecule has 1 N–H and O–H groups in total. The zero-order valence-corrected chi connectivity index (χ0v) is 20.3. The fourth-order valence-electron chi connectivity index (χ4n) is 2.82. The number of carbonyl (C=O) groups is 1. The van der Waals surface area contributed by atoms with Crippen molar-refractivity contribution in [1.29, 1.82) is 0 Å². The third-order valence-corrected chi connectivity index (χ3v) is 6.08. The Kier molecular flexibility index (Phi) is 8.17. The van der Waals surface area contributed by atoms with Gasteiger partial charge in [0, 0.05) is 21.7 Å². The van der Waals surface area contributed by atoms with Crippen LogP contribution in [-0.4, -0.2) is 26.4 Å². The van der Waals surface area contributed by atoms with E-state index >= 15 is 0 Å². The van der Waals surface area contributed by atoms with Gasteiger partial charge < -0.3 is 10.1 Å². The lowest BCUT2D eigenvalue weighted by molar-refractivity contribution is -0.113. The first-order chi connectivity index (χ1) is 14.9. The summed E-state index contributed by atoms with van der Waals surface area (Å²) in [6, 6.07) is 13.0. The van der Waals surface area contributed by atoms with Crippen LogP contribution in [0.25, 0.3) is 0 Å². The van der Waals surface area contributed by atoms with Crippen molar-refractivity contribution in [3.63, 3.8) is 0 Å². The van der Waals surface area contributed by atoms with Crippen molar-refractivity contribution in [1.82, 2.24) is 14.8 Å². The molecule has 1 heterocycles. The van der Waals surface area contributed by atoms with Gasteiger partial charge in [-0.15, -0.1) is 16.8 Å². The lowest BCUT2D eigenvalue weighted by atomic mass is 10.2. The molecule has 0 radical (unpaired) electrons. The Morgan fingerprint density at radius 3 is 2.77 bits per heavy atom. The van der Waals surface area contributed by atoms with Gasteiger partial charge in [0.2, 0.25) is 5.91 Å². The highest BCUT2D eigenvalue weighted by Crippen LogP contribution is 2.26. The smallest absolute Gasteiger partial charge is 0.234 e. The number of halogens is 2. The molecular weight excluding hydrogens is 500 g/mol. The summed E-state index contributed by atoms with van der Waals surface area (Å²) in [6.45, 7) is 8.15. The topological polar surface area (TPSA) is 69.0 Å². The fourth-order valence-corrected chi connectivity index (χ4v) is 4.01. The van der Waals surface area contributed by atoms with E-state index in [-0.39, 0.29) is 17.8 Å². The molecule has 3 aromatic rings. The molecule has 162 valence electrons. The maximum Gasteiger partial charge on any atom is 0.234 e. The summed E-state index contributed by atoms with van der Waals surface area (Å²) in [7, 11) is 0. The molecule has 2 aromatic carbocycles. The second-order valence-electron chi connectivity index (χ2n) is 6.75. The van der Waals surface area contributed by atoms with Gasteiger partial charge in [-0.2, -0.15) is 0 Å². The number of aryl methyl sites for hydroxylation is 1. The van der Waals surface area contributed by atoms with Crippen molar-refractivity contribution in [2.45, 2.75) is 31.7 Å². The van der Waals surface area contributed by atoms with Crippen LogP contribution < -0.4 is 10.1 Å². The highest BCUT2D eigenvalue weighted by molar-refractivity contribution is 9.10. The Labute approximate surface area is 199 Å². The number of allylic oxidation sites excluding steroid dienone is 1. The summed E-state index contributed by atoms with van der Waals surface area (Å²) in [6.07, 6.45) is 1.43. The minimum atomic E-state index is -0.328. The molecule has 1 amide bonds. The minimum Gasteiger partial charge on any atom is -0.483 e. The number of benzene rings is 2. The number of thioether (sulfide) groups is 1. The standard InChI is InChI=1S/C22H22BrClN4O2S/c1-4-11-28-21(15(3)30-18-9-6-16(23)7-10-18)26-27-22(28)31-13-20(29)25-19-12-17(24)8-5-14(19)2/h4-10,12,15H,1,11,13H2,2-3H3,(H,25,29). The third-order valence-electron chi connectivity index (χ3n) is 4.35. The molecular formula is C22H22BrClN4O2S. The average molecular weight is 522 g/mol. The molecule has 0 fully saturated rings. The van der Waals surface area contributed by atoms with Crippen LogP contribution in [0.2, 0.25) is 5.02 Å². The molecule has 31 heavy (non-hydrogen) atoms. The average Bonchev–Trinajstić information content (AvgIpc) is 3.14. The zero-order valence-electron chi connectivity index (χ0n) is 17.1. The molecule has 1 unspecified atom stereocenters. The molecule has 9 heteroatoms. The quantitative estimate of drug-likeness (QED) is 0.274. The number of ether oxygens (including phenoxy) is 1. The number of carbonyl (C=O) groups excluding carboxylic acids is 1. The van der Waals surface area contributed by atoms with Crippen LogP contribution in [0.3, 0.4) is 0 Å². The van der Waals surface area contributed by atoms with Gasteiger partial charge in [0.1, 0.15) is 5.75 Å². The van der Waals surface area contributed by atoms with E-state index in [0.717, 1.165) is 15.8 Å². The Bertz CT molecular complexity index is 1070. The molecule has 0 saturated carbocycles. The van der Waals surface area contributed by atoms with E-state index < -0.39 is 0 Å². The summed E-state index contributed by atoms with van der Waals surface area (Å²) in [5.41, 5.74) is 1.64. The van der Waals surface area contributed by atoms with Gasteiger partial charge in [-0.25, -0.2) is 0 Å². The molecule has 0 bridgehead atoms. The molecule has 0 aliphatic rings. The van der Waals surface area contributed by atoms with Gasteiger partial charge >= 0.3 is 0 Å². The highest BCUT2D eigenvalue weighted by Gasteiger charge is 2.20. The van der Waals surface area contributed by atoms with E-state index in [1.165, 1.54) is 11.8 Å². The SMILES string of the molecule is C=CCn1c(SCC(=O)Nc2cc(Cl)ccc2C)nnc1C(C)Oc1ccc(Br)cc1. The van der Waals surface area contributed by atoms with Crippen molar-refractivity contribution in [2.75, 3.05) is 11.1 Å². The second kappa shape index (κ2) is 10.8. The monoisotopic (exact) mass is 520 g/mol. The molecule has 6 nitrogen and oxygen atoms in total. The highest BCUT2D eigenvalue weighted by atomic mass is 79.9. The van der Waals surface area contributed by atoms with Gasteiger partial charge in [-0.05, 0) is 55.8 Å². The van der Waals surface area contributed by atoms with Gasteiger partial charge in [-0.1, -0.05) is 51.4 Å². The molecule has 0 saturated heterocycles. The third kappa shape index (κ3) is 6.35. The summed E-state index contributed by atoms with van der Waals surface area (Å²) < 4.78 is 8.89. The van der Waals surface area contributed by atoms with Crippen molar-refractivity contribution in [3.8, 4) is 5.75 Å². The fraction of sp³-hybridized carbons (Fsp3) is 0.227. The van der Waals surface area contributed by atoms with Gasteiger partial charge in [-0.3, -0.25) is 9.36 Å².